The summed E-state index contributed by atoms with van der Waals surface area (Å²) in [5.74, 6) is -0.705. The second kappa shape index (κ2) is 6.92. The van der Waals surface area contributed by atoms with Gasteiger partial charge in [0.2, 0.25) is 0 Å². The number of carbonyl (C=O) groups excluding carboxylic acids is 2. The van der Waals surface area contributed by atoms with Gasteiger partial charge < -0.3 is 9.84 Å². The summed E-state index contributed by atoms with van der Waals surface area (Å²) in [6, 6.07) is 9.96. The van der Waals surface area contributed by atoms with E-state index < -0.39 is 5.97 Å². The highest BCUT2D eigenvalue weighted by atomic mass is 16.5. The zero-order chi connectivity index (χ0) is 17.0. The third-order valence-electron chi connectivity index (χ3n) is 3.64. The summed E-state index contributed by atoms with van der Waals surface area (Å²) in [6.07, 6.45) is 3.04. The molecular formula is C19H18O4. The number of hydrogen-bond acceptors (Lipinski definition) is 4. The predicted octanol–water partition coefficient (Wildman–Crippen LogP) is 3.69. The number of ketones is 1. The highest BCUT2D eigenvalue weighted by Crippen LogP contribution is 2.23. The van der Waals surface area contributed by atoms with E-state index in [0.29, 0.717) is 5.56 Å². The molecular weight excluding hydrogens is 292 g/mol. The average molecular weight is 310 g/mol. The number of aromatic hydroxyl groups is 1. The van der Waals surface area contributed by atoms with Crippen LogP contribution in [0.2, 0.25) is 0 Å². The molecule has 0 saturated carbocycles. The Bertz CT molecular complexity index is 771. The molecule has 0 atom stereocenters. The van der Waals surface area contributed by atoms with E-state index in [1.165, 1.54) is 13.2 Å². The Labute approximate surface area is 135 Å². The Hall–Kier alpha value is -2.88. The van der Waals surface area contributed by atoms with Gasteiger partial charge in [-0.2, -0.15) is 0 Å². The fourth-order valence-corrected chi connectivity index (χ4v) is 2.11. The second-order valence-corrected chi connectivity index (χ2v) is 5.26. The van der Waals surface area contributed by atoms with E-state index in [9.17, 15) is 14.7 Å². The summed E-state index contributed by atoms with van der Waals surface area (Å²) >= 11 is 0. The lowest BCUT2D eigenvalue weighted by Crippen LogP contribution is -2.00. The van der Waals surface area contributed by atoms with Gasteiger partial charge in [0.1, 0.15) is 5.75 Å². The summed E-state index contributed by atoms with van der Waals surface area (Å²) < 4.78 is 4.63. The maximum Gasteiger partial charge on any atom is 0.337 e. The molecule has 2 aromatic carbocycles. The molecule has 0 spiro atoms. The van der Waals surface area contributed by atoms with Crippen molar-refractivity contribution >= 4 is 17.8 Å². The minimum atomic E-state index is -0.406. The van der Waals surface area contributed by atoms with Gasteiger partial charge in [-0.3, -0.25) is 4.79 Å². The van der Waals surface area contributed by atoms with E-state index in [4.69, 9.17) is 0 Å². The van der Waals surface area contributed by atoms with Crippen molar-refractivity contribution in [1.29, 1.82) is 0 Å². The van der Waals surface area contributed by atoms with Gasteiger partial charge >= 0.3 is 5.97 Å². The zero-order valence-corrected chi connectivity index (χ0v) is 13.3. The monoisotopic (exact) mass is 310 g/mol. The fraction of sp³-hybridized carbons (Fsp3) is 0.158. The predicted molar refractivity (Wildman–Crippen MR) is 88.7 cm³/mol. The van der Waals surface area contributed by atoms with Crippen LogP contribution in [-0.2, 0) is 4.74 Å². The summed E-state index contributed by atoms with van der Waals surface area (Å²) in [7, 11) is 1.32. The molecule has 0 aromatic heterocycles. The molecule has 0 aliphatic carbocycles. The van der Waals surface area contributed by atoms with Crippen molar-refractivity contribution in [2.24, 2.45) is 0 Å². The molecule has 0 unspecified atom stereocenters. The van der Waals surface area contributed by atoms with E-state index in [1.54, 1.807) is 42.5 Å². The van der Waals surface area contributed by atoms with Gasteiger partial charge in [-0.05, 0) is 60.9 Å². The minimum absolute atomic E-state index is 0.0243. The summed E-state index contributed by atoms with van der Waals surface area (Å²) in [5, 5.41) is 9.90. The number of allylic oxidation sites excluding steroid dienone is 1. The van der Waals surface area contributed by atoms with Crippen molar-refractivity contribution < 1.29 is 19.4 Å². The van der Waals surface area contributed by atoms with E-state index in [-0.39, 0.29) is 17.1 Å². The molecule has 1 N–H and O–H groups in total. The molecule has 118 valence electrons. The minimum Gasteiger partial charge on any atom is -0.507 e. The normalized spacial score (nSPS) is 10.7. The van der Waals surface area contributed by atoms with E-state index >= 15 is 0 Å². The Morgan fingerprint density at radius 3 is 2.26 bits per heavy atom. The number of phenolic OH excluding ortho intramolecular Hbond substituents is 1. The average Bonchev–Trinajstić information content (AvgIpc) is 2.55. The Balaban J connectivity index is 2.18. The largest absolute Gasteiger partial charge is 0.507 e. The maximum absolute atomic E-state index is 12.2. The van der Waals surface area contributed by atoms with Crippen molar-refractivity contribution in [2.75, 3.05) is 7.11 Å². The van der Waals surface area contributed by atoms with Gasteiger partial charge in [0, 0.05) is 0 Å². The first kappa shape index (κ1) is 16.5. The number of phenols is 1. The lowest BCUT2D eigenvalue weighted by atomic mass is 10.0. The third-order valence-corrected chi connectivity index (χ3v) is 3.64. The lowest BCUT2D eigenvalue weighted by Gasteiger charge is -2.05. The smallest absolute Gasteiger partial charge is 0.337 e. The van der Waals surface area contributed by atoms with Crippen molar-refractivity contribution in [1.82, 2.24) is 0 Å². The van der Waals surface area contributed by atoms with Crippen molar-refractivity contribution in [2.45, 2.75) is 13.8 Å². The number of rotatable bonds is 4. The molecule has 2 rings (SSSR count). The third kappa shape index (κ3) is 3.86. The Morgan fingerprint density at radius 1 is 1.04 bits per heavy atom. The standard InChI is InChI=1S/C19H18O4/c1-12-10-16(18(21)11-13(12)2)17(20)9-6-14-4-7-15(8-5-14)19(22)23-3/h4-11,21H,1-3H3/b9-6+. The molecule has 0 radical (unpaired) electrons. The summed E-state index contributed by atoms with van der Waals surface area (Å²) in [5.41, 5.74) is 3.37. The molecule has 4 heteroatoms. The molecule has 23 heavy (non-hydrogen) atoms. The van der Waals surface area contributed by atoms with E-state index in [2.05, 4.69) is 4.74 Å². The number of carbonyl (C=O) groups is 2. The van der Waals surface area contributed by atoms with Crippen molar-refractivity contribution in [3.63, 3.8) is 0 Å². The Kier molecular flexibility index (Phi) is 4.96. The van der Waals surface area contributed by atoms with Crippen LogP contribution in [0.15, 0.2) is 42.5 Å². The van der Waals surface area contributed by atoms with Crippen LogP contribution in [0.4, 0.5) is 0 Å². The SMILES string of the molecule is COC(=O)c1ccc(/C=C/C(=O)c2cc(C)c(C)cc2O)cc1. The first-order chi connectivity index (χ1) is 10.9. The number of hydrogen-bond donors (Lipinski definition) is 1. The van der Waals surface area contributed by atoms with Gasteiger partial charge in [-0.25, -0.2) is 4.79 Å². The van der Waals surface area contributed by atoms with Crippen LogP contribution >= 0.6 is 0 Å². The molecule has 0 aliphatic rings. The van der Waals surface area contributed by atoms with Crippen LogP contribution in [0, 0.1) is 13.8 Å². The number of benzene rings is 2. The summed E-state index contributed by atoms with van der Waals surface area (Å²) in [4.78, 5) is 23.6. The van der Waals surface area contributed by atoms with Crippen LogP contribution in [0.3, 0.4) is 0 Å². The van der Waals surface area contributed by atoms with Crippen LogP contribution in [0.25, 0.3) is 6.08 Å². The van der Waals surface area contributed by atoms with Gasteiger partial charge in [-0.15, -0.1) is 0 Å². The molecule has 0 amide bonds. The van der Waals surface area contributed by atoms with Gasteiger partial charge in [0.05, 0.1) is 18.2 Å². The molecule has 4 nitrogen and oxygen atoms in total. The number of esters is 1. The van der Waals surface area contributed by atoms with E-state index in [1.807, 2.05) is 13.8 Å². The van der Waals surface area contributed by atoms with Crippen LogP contribution in [-0.4, -0.2) is 24.0 Å². The molecule has 0 fully saturated rings. The number of aryl methyl sites for hydroxylation is 2. The molecule has 0 saturated heterocycles. The van der Waals surface area contributed by atoms with Gasteiger partial charge in [0.25, 0.3) is 0 Å². The van der Waals surface area contributed by atoms with Crippen molar-refractivity contribution in [3.05, 3.63) is 70.3 Å². The van der Waals surface area contributed by atoms with E-state index in [0.717, 1.165) is 16.7 Å². The molecule has 0 bridgehead atoms. The van der Waals surface area contributed by atoms with Gasteiger partial charge in [-0.1, -0.05) is 18.2 Å². The molecule has 2 aromatic rings. The first-order valence-corrected chi connectivity index (χ1v) is 7.13. The zero-order valence-electron chi connectivity index (χ0n) is 13.3. The number of ether oxygens (including phenoxy) is 1. The summed E-state index contributed by atoms with van der Waals surface area (Å²) in [6.45, 7) is 3.77. The lowest BCUT2D eigenvalue weighted by molar-refractivity contribution is 0.0600. The first-order valence-electron chi connectivity index (χ1n) is 7.13. The Morgan fingerprint density at radius 2 is 1.65 bits per heavy atom. The quantitative estimate of drug-likeness (QED) is 0.531. The molecule has 0 heterocycles. The van der Waals surface area contributed by atoms with Gasteiger partial charge in [0.15, 0.2) is 5.78 Å². The topological polar surface area (TPSA) is 63.6 Å². The van der Waals surface area contributed by atoms with Crippen molar-refractivity contribution in [3.8, 4) is 5.75 Å². The number of methoxy groups -OCH3 is 1. The second-order valence-electron chi connectivity index (χ2n) is 5.26. The highest BCUT2D eigenvalue weighted by Gasteiger charge is 2.10. The van der Waals surface area contributed by atoms with Crippen LogP contribution in [0.1, 0.15) is 37.4 Å². The van der Waals surface area contributed by atoms with Crippen LogP contribution < -0.4 is 0 Å². The molecule has 0 aliphatic heterocycles. The maximum atomic E-state index is 12.2. The highest BCUT2D eigenvalue weighted by molar-refractivity contribution is 6.08. The van der Waals surface area contributed by atoms with Crippen LogP contribution in [0.5, 0.6) is 5.75 Å². The fourth-order valence-electron chi connectivity index (χ4n) is 2.11.